The van der Waals surface area contributed by atoms with Gasteiger partial charge in [-0.25, -0.2) is 4.39 Å². The molecule has 0 aliphatic carbocycles. The Morgan fingerprint density at radius 3 is 2.65 bits per heavy atom. The molecule has 17 heavy (non-hydrogen) atoms. The van der Waals surface area contributed by atoms with E-state index in [9.17, 15) is 4.39 Å². The Labute approximate surface area is 106 Å². The third-order valence-electron chi connectivity index (χ3n) is 2.17. The summed E-state index contributed by atoms with van der Waals surface area (Å²) >= 11 is 4.76. The maximum atomic E-state index is 13.6. The van der Waals surface area contributed by atoms with Gasteiger partial charge >= 0.3 is 0 Å². The lowest BCUT2D eigenvalue weighted by molar-refractivity contribution is 0.0443. The summed E-state index contributed by atoms with van der Waals surface area (Å²) in [5, 5.41) is 0. The van der Waals surface area contributed by atoms with Crippen molar-refractivity contribution in [2.45, 2.75) is 13.5 Å². The molecular weight excluding hydrogens is 241 g/mol. The minimum Gasteiger partial charge on any atom is -0.389 e. The first kappa shape index (κ1) is 14.0. The highest BCUT2D eigenvalue weighted by atomic mass is 32.1. The standard InChI is InChI=1S/C12H16FNO2S/c1-2-15-5-6-16-8-10-4-3-9(12(14)17)7-11(10)13/h3-4,7H,2,5-6,8H2,1H3,(H2,14,17). The molecule has 1 aromatic carbocycles. The van der Waals surface area contributed by atoms with Crippen molar-refractivity contribution in [1.29, 1.82) is 0 Å². The largest absolute Gasteiger partial charge is 0.389 e. The maximum Gasteiger partial charge on any atom is 0.129 e. The van der Waals surface area contributed by atoms with Crippen LogP contribution < -0.4 is 5.73 Å². The maximum absolute atomic E-state index is 13.6. The summed E-state index contributed by atoms with van der Waals surface area (Å²) in [7, 11) is 0. The Balaban J connectivity index is 2.46. The molecule has 0 aromatic heterocycles. The fourth-order valence-corrected chi connectivity index (χ4v) is 1.39. The second kappa shape index (κ2) is 7.32. The summed E-state index contributed by atoms with van der Waals surface area (Å²) in [5.74, 6) is -0.355. The van der Waals surface area contributed by atoms with E-state index >= 15 is 0 Å². The SMILES string of the molecule is CCOCCOCc1ccc(C(N)=S)cc1F. The molecule has 0 atom stereocenters. The molecule has 0 bridgehead atoms. The van der Waals surface area contributed by atoms with Gasteiger partial charge in [-0.15, -0.1) is 0 Å². The van der Waals surface area contributed by atoms with Crippen molar-refractivity contribution in [3.05, 3.63) is 35.1 Å². The molecule has 0 radical (unpaired) electrons. The summed E-state index contributed by atoms with van der Waals surface area (Å²) in [5.41, 5.74) is 6.42. The molecule has 0 amide bonds. The highest BCUT2D eigenvalue weighted by molar-refractivity contribution is 7.80. The lowest BCUT2D eigenvalue weighted by atomic mass is 10.1. The zero-order valence-electron chi connectivity index (χ0n) is 9.74. The van der Waals surface area contributed by atoms with Gasteiger partial charge in [0.05, 0.1) is 19.8 Å². The van der Waals surface area contributed by atoms with Crippen LogP contribution in [0.2, 0.25) is 0 Å². The van der Waals surface area contributed by atoms with E-state index in [1.54, 1.807) is 12.1 Å². The van der Waals surface area contributed by atoms with Crippen LogP contribution >= 0.6 is 12.2 Å². The lowest BCUT2D eigenvalue weighted by Crippen LogP contribution is -2.10. The van der Waals surface area contributed by atoms with Gasteiger partial charge in [-0.05, 0) is 13.0 Å². The van der Waals surface area contributed by atoms with Gasteiger partial charge in [0.1, 0.15) is 10.8 Å². The predicted octanol–water partition coefficient (Wildman–Crippen LogP) is 2.01. The number of thiocarbonyl (C=S) groups is 1. The highest BCUT2D eigenvalue weighted by Gasteiger charge is 2.05. The van der Waals surface area contributed by atoms with Crippen molar-refractivity contribution in [2.75, 3.05) is 19.8 Å². The first-order valence-electron chi connectivity index (χ1n) is 5.39. The molecule has 5 heteroatoms. The van der Waals surface area contributed by atoms with Crippen molar-refractivity contribution in [2.24, 2.45) is 5.73 Å². The van der Waals surface area contributed by atoms with E-state index in [4.69, 9.17) is 27.4 Å². The van der Waals surface area contributed by atoms with Crippen molar-refractivity contribution in [3.8, 4) is 0 Å². The topological polar surface area (TPSA) is 44.5 Å². The van der Waals surface area contributed by atoms with E-state index in [1.807, 2.05) is 6.92 Å². The van der Waals surface area contributed by atoms with Gasteiger partial charge in [-0.2, -0.15) is 0 Å². The quantitative estimate of drug-likeness (QED) is 0.599. The molecule has 0 saturated carbocycles. The van der Waals surface area contributed by atoms with Crippen LogP contribution in [0.4, 0.5) is 4.39 Å². The van der Waals surface area contributed by atoms with E-state index in [-0.39, 0.29) is 17.4 Å². The number of benzene rings is 1. The van der Waals surface area contributed by atoms with Crippen LogP contribution in [-0.2, 0) is 16.1 Å². The summed E-state index contributed by atoms with van der Waals surface area (Å²) < 4.78 is 23.9. The molecular formula is C12H16FNO2S. The Kier molecular flexibility index (Phi) is 6.04. The van der Waals surface area contributed by atoms with Gasteiger partial charge in [-0.3, -0.25) is 0 Å². The van der Waals surface area contributed by atoms with Crippen molar-refractivity contribution >= 4 is 17.2 Å². The molecule has 0 heterocycles. The fraction of sp³-hybridized carbons (Fsp3) is 0.417. The van der Waals surface area contributed by atoms with Gasteiger partial charge in [0, 0.05) is 17.7 Å². The van der Waals surface area contributed by atoms with Crippen LogP contribution in [0.25, 0.3) is 0 Å². The highest BCUT2D eigenvalue weighted by Crippen LogP contribution is 2.11. The summed E-state index contributed by atoms with van der Waals surface area (Å²) in [6.45, 7) is 3.75. The number of ether oxygens (including phenoxy) is 2. The summed E-state index contributed by atoms with van der Waals surface area (Å²) in [4.78, 5) is 0.188. The Morgan fingerprint density at radius 2 is 2.06 bits per heavy atom. The average Bonchev–Trinajstić information content (AvgIpc) is 2.30. The lowest BCUT2D eigenvalue weighted by Gasteiger charge is -2.07. The van der Waals surface area contributed by atoms with Crippen LogP contribution in [-0.4, -0.2) is 24.8 Å². The molecule has 3 nitrogen and oxygen atoms in total. The van der Waals surface area contributed by atoms with Crippen LogP contribution in [0.5, 0.6) is 0 Å². The molecule has 94 valence electrons. The summed E-state index contributed by atoms with van der Waals surface area (Å²) in [6, 6.07) is 4.64. The number of halogens is 1. The molecule has 0 aliphatic heterocycles. The number of rotatable bonds is 7. The van der Waals surface area contributed by atoms with E-state index in [0.717, 1.165) is 0 Å². The van der Waals surface area contributed by atoms with Crippen LogP contribution in [0.3, 0.4) is 0 Å². The number of hydrogen-bond donors (Lipinski definition) is 1. The first-order valence-corrected chi connectivity index (χ1v) is 5.79. The minimum absolute atomic E-state index is 0.188. The van der Waals surface area contributed by atoms with Crippen molar-refractivity contribution in [1.82, 2.24) is 0 Å². The third kappa shape index (κ3) is 4.77. The van der Waals surface area contributed by atoms with Gasteiger partial charge in [0.2, 0.25) is 0 Å². The van der Waals surface area contributed by atoms with Gasteiger partial charge in [-0.1, -0.05) is 24.4 Å². The smallest absolute Gasteiger partial charge is 0.129 e. The van der Waals surface area contributed by atoms with Crippen LogP contribution in [0.1, 0.15) is 18.1 Å². The molecule has 2 N–H and O–H groups in total. The molecule has 0 aliphatic rings. The van der Waals surface area contributed by atoms with E-state index in [2.05, 4.69) is 0 Å². The molecule has 0 saturated heterocycles. The Bertz CT molecular complexity index is 385. The molecule has 0 unspecified atom stereocenters. The first-order chi connectivity index (χ1) is 8.15. The second-order valence-corrected chi connectivity index (χ2v) is 3.86. The molecule has 0 spiro atoms. The third-order valence-corrected chi connectivity index (χ3v) is 2.41. The zero-order valence-corrected chi connectivity index (χ0v) is 10.6. The average molecular weight is 257 g/mol. The molecule has 1 aromatic rings. The molecule has 1 rings (SSSR count). The Hall–Kier alpha value is -1.04. The monoisotopic (exact) mass is 257 g/mol. The van der Waals surface area contributed by atoms with E-state index in [1.165, 1.54) is 6.07 Å². The van der Waals surface area contributed by atoms with Gasteiger partial charge in [0.15, 0.2) is 0 Å². The minimum atomic E-state index is -0.355. The predicted molar refractivity (Wildman–Crippen MR) is 68.4 cm³/mol. The number of nitrogens with two attached hydrogens (primary N) is 1. The van der Waals surface area contributed by atoms with Crippen LogP contribution in [0, 0.1) is 5.82 Å². The van der Waals surface area contributed by atoms with E-state index < -0.39 is 0 Å². The van der Waals surface area contributed by atoms with Crippen molar-refractivity contribution < 1.29 is 13.9 Å². The zero-order chi connectivity index (χ0) is 12.7. The fourth-order valence-electron chi connectivity index (χ4n) is 1.26. The van der Waals surface area contributed by atoms with Gasteiger partial charge in [0.25, 0.3) is 0 Å². The number of hydrogen-bond acceptors (Lipinski definition) is 3. The van der Waals surface area contributed by atoms with E-state index in [0.29, 0.717) is 30.9 Å². The van der Waals surface area contributed by atoms with Gasteiger partial charge < -0.3 is 15.2 Å². The second-order valence-electron chi connectivity index (χ2n) is 3.42. The van der Waals surface area contributed by atoms with Crippen LogP contribution in [0.15, 0.2) is 18.2 Å². The Morgan fingerprint density at radius 1 is 1.35 bits per heavy atom. The normalized spacial score (nSPS) is 10.5. The summed E-state index contributed by atoms with van der Waals surface area (Å²) in [6.07, 6.45) is 0. The molecule has 0 fully saturated rings. The van der Waals surface area contributed by atoms with Crippen molar-refractivity contribution in [3.63, 3.8) is 0 Å².